The van der Waals surface area contributed by atoms with E-state index in [0.29, 0.717) is 34.7 Å². The van der Waals surface area contributed by atoms with E-state index in [2.05, 4.69) is 10.6 Å². The Hall–Kier alpha value is -4.40. The van der Waals surface area contributed by atoms with Gasteiger partial charge in [-0.15, -0.1) is 0 Å². The molecule has 146 valence electrons. The van der Waals surface area contributed by atoms with E-state index in [1.165, 1.54) is 0 Å². The number of benzene rings is 1. The molecule has 0 radical (unpaired) electrons. The van der Waals surface area contributed by atoms with Crippen LogP contribution in [-0.2, 0) is 0 Å². The van der Waals surface area contributed by atoms with Crippen LogP contribution >= 0.6 is 0 Å². The fourth-order valence-corrected chi connectivity index (χ4v) is 2.77. The van der Waals surface area contributed by atoms with Crippen LogP contribution in [0.15, 0.2) is 73.9 Å². The molecule has 0 unspecified atom stereocenters. The minimum atomic E-state index is -0.209. The second-order valence-electron chi connectivity index (χ2n) is 6.15. The number of nitrogens with one attached hydrogen (secondary N) is 4. The van der Waals surface area contributed by atoms with E-state index in [0.717, 1.165) is 11.3 Å². The lowest BCUT2D eigenvalue weighted by molar-refractivity contribution is 0.517. The van der Waals surface area contributed by atoms with Crippen molar-refractivity contribution in [3.05, 3.63) is 60.7 Å². The van der Waals surface area contributed by atoms with Crippen LogP contribution < -0.4 is 22.1 Å². The quantitative estimate of drug-likeness (QED) is 0.221. The average molecular weight is 390 g/mol. The molecule has 0 fully saturated rings. The fraction of sp³-hybridized carbons (Fsp3) is 0. The zero-order valence-electron chi connectivity index (χ0n) is 15.2. The smallest absolute Gasteiger partial charge is 0.200 e. The van der Waals surface area contributed by atoms with Crippen molar-refractivity contribution in [2.45, 2.75) is 0 Å². The van der Waals surface area contributed by atoms with Crippen molar-refractivity contribution in [3.8, 4) is 34.4 Å². The van der Waals surface area contributed by atoms with Crippen LogP contribution in [-0.4, -0.2) is 11.9 Å². The standard InChI is InChI=1S/C20H18N6O3/c21-19(22)25-12-3-1-11(2-4-12)13-5-6-14(27-13)15-7-8-16(28-15)17-9-10-18(29-17)26-20(23)24/h1-10H,(H4,21,22,25)(H4,23,24,26). The Labute approximate surface area is 165 Å². The molecular formula is C20H18N6O3. The van der Waals surface area contributed by atoms with E-state index in [9.17, 15) is 0 Å². The van der Waals surface area contributed by atoms with Gasteiger partial charge in [0.15, 0.2) is 40.8 Å². The summed E-state index contributed by atoms with van der Waals surface area (Å²) in [7, 11) is 0. The highest BCUT2D eigenvalue weighted by atomic mass is 16.4. The number of furan rings is 3. The van der Waals surface area contributed by atoms with Crippen molar-refractivity contribution < 1.29 is 13.3 Å². The monoisotopic (exact) mass is 390 g/mol. The summed E-state index contributed by atoms with van der Waals surface area (Å²) < 4.78 is 17.3. The maximum absolute atomic E-state index is 7.26. The van der Waals surface area contributed by atoms with Crippen molar-refractivity contribution in [1.82, 2.24) is 0 Å². The van der Waals surface area contributed by atoms with Gasteiger partial charge in [0.1, 0.15) is 5.76 Å². The third-order valence-electron chi connectivity index (χ3n) is 4.01. The van der Waals surface area contributed by atoms with Gasteiger partial charge >= 0.3 is 0 Å². The Morgan fingerprint density at radius 3 is 1.66 bits per heavy atom. The van der Waals surface area contributed by atoms with Gasteiger partial charge in [0.25, 0.3) is 0 Å². The van der Waals surface area contributed by atoms with Crippen molar-refractivity contribution in [3.63, 3.8) is 0 Å². The highest BCUT2D eigenvalue weighted by Gasteiger charge is 2.14. The molecule has 9 heteroatoms. The number of hydrogen-bond acceptors (Lipinski definition) is 5. The van der Waals surface area contributed by atoms with Crippen molar-refractivity contribution in [2.75, 3.05) is 10.6 Å². The lowest BCUT2D eigenvalue weighted by Crippen LogP contribution is -2.20. The van der Waals surface area contributed by atoms with Crippen molar-refractivity contribution in [1.29, 1.82) is 10.8 Å². The first-order chi connectivity index (χ1) is 14.0. The average Bonchev–Trinajstić information content (AvgIpc) is 3.41. The Morgan fingerprint density at radius 1 is 0.586 bits per heavy atom. The normalized spacial score (nSPS) is 10.6. The van der Waals surface area contributed by atoms with Gasteiger partial charge < -0.3 is 30.0 Å². The van der Waals surface area contributed by atoms with Crippen LogP contribution in [0, 0.1) is 10.8 Å². The molecule has 4 aromatic rings. The van der Waals surface area contributed by atoms with Gasteiger partial charge in [-0.25, -0.2) is 0 Å². The lowest BCUT2D eigenvalue weighted by atomic mass is 10.1. The molecule has 0 saturated heterocycles. The van der Waals surface area contributed by atoms with E-state index in [1.54, 1.807) is 24.3 Å². The molecule has 9 nitrogen and oxygen atoms in total. The zero-order chi connectivity index (χ0) is 20.4. The fourth-order valence-electron chi connectivity index (χ4n) is 2.77. The highest BCUT2D eigenvalue weighted by Crippen LogP contribution is 2.33. The SMILES string of the molecule is N=C(N)Nc1ccc(-c2ccc(-c3ccc(-c4ccc(NC(=N)N)o4)o3)o2)cc1. The largest absolute Gasteiger partial charge is 0.453 e. The molecule has 3 heterocycles. The van der Waals surface area contributed by atoms with E-state index >= 15 is 0 Å². The lowest BCUT2D eigenvalue weighted by Gasteiger charge is -2.04. The molecular weight excluding hydrogens is 372 g/mol. The minimum absolute atomic E-state index is 0.118. The summed E-state index contributed by atoms with van der Waals surface area (Å²) in [5.41, 5.74) is 12.2. The molecule has 8 N–H and O–H groups in total. The molecule has 0 amide bonds. The third-order valence-corrected chi connectivity index (χ3v) is 4.01. The van der Waals surface area contributed by atoms with Gasteiger partial charge in [0, 0.05) is 17.3 Å². The summed E-state index contributed by atoms with van der Waals surface area (Å²) in [6.07, 6.45) is 0. The summed E-state index contributed by atoms with van der Waals surface area (Å²) in [5.74, 6) is 2.86. The zero-order valence-corrected chi connectivity index (χ0v) is 15.2. The predicted molar refractivity (Wildman–Crippen MR) is 111 cm³/mol. The van der Waals surface area contributed by atoms with Crippen LogP contribution in [0.5, 0.6) is 0 Å². The van der Waals surface area contributed by atoms with Crippen LogP contribution in [0.4, 0.5) is 11.6 Å². The summed E-state index contributed by atoms with van der Waals surface area (Å²) in [6, 6.07) is 18.0. The van der Waals surface area contributed by atoms with E-state index in [4.69, 9.17) is 35.5 Å². The van der Waals surface area contributed by atoms with Gasteiger partial charge in [-0.1, -0.05) is 0 Å². The number of nitrogens with two attached hydrogens (primary N) is 2. The van der Waals surface area contributed by atoms with Crippen LogP contribution in [0.3, 0.4) is 0 Å². The summed E-state index contributed by atoms with van der Waals surface area (Å²) in [6.45, 7) is 0. The third kappa shape index (κ3) is 3.98. The molecule has 0 bridgehead atoms. The molecule has 0 aliphatic rings. The molecule has 29 heavy (non-hydrogen) atoms. The summed E-state index contributed by atoms with van der Waals surface area (Å²) in [5, 5.41) is 19.8. The van der Waals surface area contributed by atoms with E-state index in [-0.39, 0.29) is 11.9 Å². The molecule has 0 saturated carbocycles. The first kappa shape index (κ1) is 18.0. The Bertz CT molecular complexity index is 1170. The van der Waals surface area contributed by atoms with Gasteiger partial charge in [0.05, 0.1) is 0 Å². The number of guanidine groups is 2. The Balaban J connectivity index is 1.52. The van der Waals surface area contributed by atoms with Crippen molar-refractivity contribution in [2.24, 2.45) is 11.5 Å². The van der Waals surface area contributed by atoms with Gasteiger partial charge in [-0.3, -0.25) is 16.1 Å². The van der Waals surface area contributed by atoms with Crippen LogP contribution in [0.25, 0.3) is 34.4 Å². The van der Waals surface area contributed by atoms with Crippen LogP contribution in [0.1, 0.15) is 0 Å². The number of anilines is 2. The summed E-state index contributed by atoms with van der Waals surface area (Å²) in [4.78, 5) is 0. The van der Waals surface area contributed by atoms with Crippen LogP contribution in [0.2, 0.25) is 0 Å². The molecule has 3 aromatic heterocycles. The first-order valence-corrected chi connectivity index (χ1v) is 8.61. The maximum atomic E-state index is 7.26. The predicted octanol–water partition coefficient (Wildman–Crippen LogP) is 4.08. The number of rotatable bonds is 5. The van der Waals surface area contributed by atoms with Gasteiger partial charge in [0.2, 0.25) is 0 Å². The number of hydrogen-bond donors (Lipinski definition) is 6. The van der Waals surface area contributed by atoms with Gasteiger partial charge in [-0.2, -0.15) is 0 Å². The van der Waals surface area contributed by atoms with Crippen molar-refractivity contribution >= 4 is 23.5 Å². The molecule has 4 rings (SSSR count). The van der Waals surface area contributed by atoms with E-state index < -0.39 is 0 Å². The molecule has 0 aliphatic carbocycles. The molecule has 0 atom stereocenters. The summed E-state index contributed by atoms with van der Waals surface area (Å²) >= 11 is 0. The minimum Gasteiger partial charge on any atom is -0.453 e. The molecule has 0 aliphatic heterocycles. The highest BCUT2D eigenvalue weighted by molar-refractivity contribution is 5.90. The first-order valence-electron chi connectivity index (χ1n) is 8.61. The maximum Gasteiger partial charge on any atom is 0.200 e. The topological polar surface area (TPSA) is 163 Å². The Kier molecular flexibility index (Phi) is 4.54. The van der Waals surface area contributed by atoms with Gasteiger partial charge in [-0.05, 0) is 54.6 Å². The second kappa shape index (κ2) is 7.31. The molecule has 0 spiro atoms. The second-order valence-corrected chi connectivity index (χ2v) is 6.15. The molecule has 1 aromatic carbocycles. The Morgan fingerprint density at radius 2 is 1.07 bits per heavy atom. The van der Waals surface area contributed by atoms with E-state index in [1.807, 2.05) is 36.4 Å².